The van der Waals surface area contributed by atoms with E-state index in [1.54, 1.807) is 6.92 Å². The number of nitrogens with zero attached hydrogens (tertiary/aromatic N) is 1. The van der Waals surface area contributed by atoms with Crippen molar-refractivity contribution in [2.75, 3.05) is 16.8 Å². The van der Waals surface area contributed by atoms with Gasteiger partial charge in [-0.15, -0.1) is 0 Å². The van der Waals surface area contributed by atoms with Crippen LogP contribution in [0.4, 0.5) is 11.4 Å². The molecule has 0 saturated heterocycles. The molecule has 0 aromatic heterocycles. The fourth-order valence-electron chi connectivity index (χ4n) is 2.60. The number of hydrogen-bond donors (Lipinski definition) is 1. The summed E-state index contributed by atoms with van der Waals surface area (Å²) in [5, 5.41) is 2.89. The fraction of sp³-hybridized carbons (Fsp3) is 0.350. The molecule has 0 aliphatic rings. The molecule has 0 aliphatic carbocycles. The van der Waals surface area contributed by atoms with Gasteiger partial charge in [0.25, 0.3) is 5.91 Å². The van der Waals surface area contributed by atoms with Gasteiger partial charge in [0.15, 0.2) is 6.10 Å². The predicted octanol–water partition coefficient (Wildman–Crippen LogP) is 5.09. The molecule has 2 aromatic carbocycles. The van der Waals surface area contributed by atoms with Gasteiger partial charge in [-0.1, -0.05) is 15.9 Å². The largest absolute Gasteiger partial charge is 0.481 e. The fourth-order valence-corrected chi connectivity index (χ4v) is 2.86. The zero-order valence-electron chi connectivity index (χ0n) is 15.1. The Morgan fingerprint density at radius 3 is 2.20 bits per heavy atom. The van der Waals surface area contributed by atoms with Crippen molar-refractivity contribution in [2.24, 2.45) is 0 Å². The van der Waals surface area contributed by atoms with Crippen molar-refractivity contribution in [3.05, 3.63) is 53.0 Å². The predicted molar refractivity (Wildman–Crippen MR) is 107 cm³/mol. The molecular weight excluding hydrogens is 380 g/mol. The number of anilines is 2. The van der Waals surface area contributed by atoms with Gasteiger partial charge >= 0.3 is 0 Å². The number of benzene rings is 2. The second-order valence-corrected chi connectivity index (χ2v) is 7.05. The highest BCUT2D eigenvalue weighted by Crippen LogP contribution is 2.21. The minimum atomic E-state index is -0.580. The Labute approximate surface area is 158 Å². The second kappa shape index (κ2) is 8.90. The third-order valence-corrected chi connectivity index (χ3v) is 4.45. The molecule has 1 unspecified atom stereocenters. The van der Waals surface area contributed by atoms with Crippen LogP contribution in [-0.2, 0) is 4.79 Å². The van der Waals surface area contributed by atoms with E-state index in [1.807, 2.05) is 48.5 Å². The van der Waals surface area contributed by atoms with Gasteiger partial charge in [-0.05, 0) is 76.2 Å². The standard InChI is InChI=1S/C20H25BrN2O2/c1-5-23(14(2)3)18-10-8-17(9-11-18)22-20(24)15(4)25-19-12-6-16(21)7-13-19/h6-15H,5H2,1-4H3,(H,22,24). The Hall–Kier alpha value is -2.01. The number of rotatable bonds is 7. The SMILES string of the molecule is CCN(c1ccc(NC(=O)C(C)Oc2ccc(Br)cc2)cc1)C(C)C. The van der Waals surface area contributed by atoms with Gasteiger partial charge in [0.05, 0.1) is 0 Å². The minimum Gasteiger partial charge on any atom is -0.481 e. The van der Waals surface area contributed by atoms with E-state index in [9.17, 15) is 4.79 Å². The van der Waals surface area contributed by atoms with Gasteiger partial charge in [-0.2, -0.15) is 0 Å². The highest BCUT2D eigenvalue weighted by Gasteiger charge is 2.15. The van der Waals surface area contributed by atoms with Crippen molar-refractivity contribution in [2.45, 2.75) is 39.8 Å². The average molecular weight is 405 g/mol. The van der Waals surface area contributed by atoms with Crippen molar-refractivity contribution in [1.29, 1.82) is 0 Å². The zero-order valence-corrected chi connectivity index (χ0v) is 16.7. The Kier molecular flexibility index (Phi) is 6.88. The van der Waals surface area contributed by atoms with Crippen LogP contribution < -0.4 is 15.0 Å². The van der Waals surface area contributed by atoms with Crippen molar-refractivity contribution in [1.82, 2.24) is 0 Å². The van der Waals surface area contributed by atoms with Crippen LogP contribution in [-0.4, -0.2) is 24.6 Å². The van der Waals surface area contributed by atoms with Gasteiger partial charge in [0, 0.05) is 28.4 Å². The Bertz CT molecular complexity index is 684. The van der Waals surface area contributed by atoms with Crippen LogP contribution in [0.15, 0.2) is 53.0 Å². The minimum absolute atomic E-state index is 0.174. The lowest BCUT2D eigenvalue weighted by Gasteiger charge is -2.27. The smallest absolute Gasteiger partial charge is 0.265 e. The molecule has 5 heteroatoms. The molecule has 0 bridgehead atoms. The van der Waals surface area contributed by atoms with Crippen LogP contribution in [0.2, 0.25) is 0 Å². The summed E-state index contributed by atoms with van der Waals surface area (Å²) in [7, 11) is 0. The average Bonchev–Trinajstić information content (AvgIpc) is 2.58. The third kappa shape index (κ3) is 5.49. The number of carbonyl (C=O) groups excluding carboxylic acids is 1. The summed E-state index contributed by atoms with van der Waals surface area (Å²) in [5.74, 6) is 0.489. The summed E-state index contributed by atoms with van der Waals surface area (Å²) in [4.78, 5) is 14.6. The number of carbonyl (C=O) groups is 1. The third-order valence-electron chi connectivity index (χ3n) is 3.93. The molecular formula is C20H25BrN2O2. The number of nitrogens with one attached hydrogen (secondary N) is 1. The molecule has 0 saturated carbocycles. The maximum Gasteiger partial charge on any atom is 0.265 e. The lowest BCUT2D eigenvalue weighted by Crippen LogP contribution is -2.31. The lowest BCUT2D eigenvalue weighted by atomic mass is 10.2. The topological polar surface area (TPSA) is 41.6 Å². The first-order valence-corrected chi connectivity index (χ1v) is 9.29. The summed E-state index contributed by atoms with van der Waals surface area (Å²) in [6.45, 7) is 9.16. The first-order valence-electron chi connectivity index (χ1n) is 8.50. The first kappa shape index (κ1) is 19.3. The van der Waals surface area contributed by atoms with Gasteiger partial charge in [-0.25, -0.2) is 0 Å². The van der Waals surface area contributed by atoms with Gasteiger partial charge in [0.2, 0.25) is 0 Å². The molecule has 4 nitrogen and oxygen atoms in total. The van der Waals surface area contributed by atoms with Crippen LogP contribution in [0.1, 0.15) is 27.7 Å². The highest BCUT2D eigenvalue weighted by molar-refractivity contribution is 9.10. The summed E-state index contributed by atoms with van der Waals surface area (Å²) < 4.78 is 6.64. The van der Waals surface area contributed by atoms with Crippen LogP contribution in [0.25, 0.3) is 0 Å². The van der Waals surface area contributed by atoms with Gasteiger partial charge < -0.3 is 15.0 Å². The zero-order chi connectivity index (χ0) is 18.4. The molecule has 2 aromatic rings. The number of ether oxygens (including phenoxy) is 1. The van der Waals surface area contributed by atoms with Crippen LogP contribution in [0, 0.1) is 0 Å². The number of amides is 1. The molecule has 134 valence electrons. The Balaban J connectivity index is 1.96. The van der Waals surface area contributed by atoms with Crippen molar-refractivity contribution >= 4 is 33.2 Å². The second-order valence-electron chi connectivity index (χ2n) is 6.13. The quantitative estimate of drug-likeness (QED) is 0.698. The molecule has 1 amide bonds. The summed E-state index contributed by atoms with van der Waals surface area (Å²) in [5.41, 5.74) is 1.91. The van der Waals surface area contributed by atoms with Crippen LogP contribution in [0.3, 0.4) is 0 Å². The Morgan fingerprint density at radius 2 is 1.68 bits per heavy atom. The van der Waals surface area contributed by atoms with E-state index in [2.05, 4.69) is 46.9 Å². The van der Waals surface area contributed by atoms with E-state index in [-0.39, 0.29) is 5.91 Å². The number of hydrogen-bond acceptors (Lipinski definition) is 3. The van der Waals surface area contributed by atoms with Crippen molar-refractivity contribution in [3.8, 4) is 5.75 Å². The molecule has 0 fully saturated rings. The van der Waals surface area contributed by atoms with E-state index in [0.717, 1.165) is 22.4 Å². The number of halogens is 1. The van der Waals surface area contributed by atoms with E-state index in [1.165, 1.54) is 0 Å². The molecule has 1 N–H and O–H groups in total. The normalized spacial score (nSPS) is 11.9. The Morgan fingerprint density at radius 1 is 1.08 bits per heavy atom. The van der Waals surface area contributed by atoms with Crippen LogP contribution in [0.5, 0.6) is 5.75 Å². The van der Waals surface area contributed by atoms with Crippen molar-refractivity contribution in [3.63, 3.8) is 0 Å². The highest BCUT2D eigenvalue weighted by atomic mass is 79.9. The maximum atomic E-state index is 12.3. The molecule has 0 spiro atoms. The molecule has 0 aliphatic heterocycles. The molecule has 2 rings (SSSR count). The van der Waals surface area contributed by atoms with Gasteiger partial charge in [0.1, 0.15) is 5.75 Å². The molecule has 0 heterocycles. The van der Waals surface area contributed by atoms with E-state index >= 15 is 0 Å². The summed E-state index contributed by atoms with van der Waals surface area (Å²) >= 11 is 3.38. The monoisotopic (exact) mass is 404 g/mol. The summed E-state index contributed by atoms with van der Waals surface area (Å²) in [6.07, 6.45) is -0.580. The summed E-state index contributed by atoms with van der Waals surface area (Å²) in [6, 6.07) is 15.8. The van der Waals surface area contributed by atoms with E-state index < -0.39 is 6.10 Å². The molecule has 0 radical (unpaired) electrons. The first-order chi connectivity index (χ1) is 11.9. The molecule has 1 atom stereocenters. The van der Waals surface area contributed by atoms with Crippen molar-refractivity contribution < 1.29 is 9.53 Å². The van der Waals surface area contributed by atoms with Crippen LogP contribution >= 0.6 is 15.9 Å². The lowest BCUT2D eigenvalue weighted by molar-refractivity contribution is -0.122. The van der Waals surface area contributed by atoms with Gasteiger partial charge in [-0.3, -0.25) is 4.79 Å². The maximum absolute atomic E-state index is 12.3. The molecule has 25 heavy (non-hydrogen) atoms. The van der Waals surface area contributed by atoms with E-state index in [4.69, 9.17) is 4.74 Å². The van der Waals surface area contributed by atoms with E-state index in [0.29, 0.717) is 11.8 Å².